The van der Waals surface area contributed by atoms with Crippen LogP contribution < -0.4 is 54.8 Å². The van der Waals surface area contributed by atoms with Gasteiger partial charge in [0.2, 0.25) is 47.3 Å². The van der Waals surface area contributed by atoms with Gasteiger partial charge in [-0.05, 0) is 43.2 Å². The summed E-state index contributed by atoms with van der Waals surface area (Å²) in [4.78, 5) is 133. The van der Waals surface area contributed by atoms with E-state index in [1.807, 2.05) is 0 Å². The number of nitrogens with two attached hydrogens (primary N) is 4. The molecule has 1 aliphatic rings. The van der Waals surface area contributed by atoms with E-state index >= 15 is 0 Å². The molecular weight excluding hydrogens is 829 g/mol. The summed E-state index contributed by atoms with van der Waals surface area (Å²) in [5, 5.41) is 34.1. The number of urea groups is 1. The second-order valence-corrected chi connectivity index (χ2v) is 15.3. The van der Waals surface area contributed by atoms with Crippen molar-refractivity contribution in [1.82, 2.24) is 41.8 Å². The summed E-state index contributed by atoms with van der Waals surface area (Å²) in [5.74, 6) is -9.57. The molecule has 24 heteroatoms. The summed E-state index contributed by atoms with van der Waals surface area (Å²) in [5.41, 5.74) is 23.0. The number of nitrogens with zero attached hydrogens (tertiary/aromatic N) is 1. The number of hydrogen-bond acceptors (Lipinski definition) is 12. The van der Waals surface area contributed by atoms with Crippen molar-refractivity contribution in [3.05, 3.63) is 36.0 Å². The van der Waals surface area contributed by atoms with Gasteiger partial charge in [0.15, 0.2) is 0 Å². The maximum atomic E-state index is 14.3. The van der Waals surface area contributed by atoms with Crippen LogP contribution >= 0.6 is 0 Å². The number of aromatic nitrogens is 1. The van der Waals surface area contributed by atoms with E-state index < -0.39 is 127 Å². The van der Waals surface area contributed by atoms with Crippen LogP contribution in [0.1, 0.15) is 64.4 Å². The van der Waals surface area contributed by atoms with Gasteiger partial charge in [0.05, 0.1) is 25.5 Å². The first-order valence-electron chi connectivity index (χ1n) is 20.3. The van der Waals surface area contributed by atoms with Crippen molar-refractivity contribution in [3.63, 3.8) is 0 Å². The number of carboxylic acid groups (broad SMARTS) is 1. The Balaban J connectivity index is 1.82. The highest BCUT2D eigenvalue weighted by molar-refractivity contribution is 5.99. The summed E-state index contributed by atoms with van der Waals surface area (Å²) >= 11 is 0. The molecule has 0 saturated carbocycles. The highest BCUT2D eigenvalue weighted by Crippen LogP contribution is 2.23. The molecule has 1 aromatic heterocycles. The molecule has 1 aromatic carbocycles. The topological polar surface area (TPSA) is 406 Å². The van der Waals surface area contributed by atoms with E-state index in [1.54, 1.807) is 44.3 Å². The van der Waals surface area contributed by atoms with Crippen LogP contribution in [0.4, 0.5) is 4.79 Å². The minimum atomic E-state index is -1.73. The Labute approximate surface area is 361 Å². The molecule has 8 atom stereocenters. The minimum absolute atomic E-state index is 0.0348. The van der Waals surface area contributed by atoms with Crippen LogP contribution in [0.3, 0.4) is 0 Å². The smallest absolute Gasteiger partial charge is 0.328 e. The van der Waals surface area contributed by atoms with E-state index in [9.17, 15) is 58.2 Å². The summed E-state index contributed by atoms with van der Waals surface area (Å²) in [6, 6.07) is -3.75. The number of carbonyl (C=O) groups is 10. The number of fused-ring (bicyclic) bond motifs is 1. The van der Waals surface area contributed by atoms with Gasteiger partial charge in [0.1, 0.15) is 36.3 Å². The quantitative estimate of drug-likeness (QED) is 0.0421. The van der Waals surface area contributed by atoms with Crippen LogP contribution in [0.15, 0.2) is 30.5 Å². The number of aliphatic hydroxyl groups is 1. The third kappa shape index (κ3) is 14.9. The zero-order valence-electron chi connectivity index (χ0n) is 35.0. The summed E-state index contributed by atoms with van der Waals surface area (Å²) < 4.78 is 0. The fourth-order valence-electron chi connectivity index (χ4n) is 6.91. The van der Waals surface area contributed by atoms with Gasteiger partial charge in [-0.2, -0.15) is 0 Å². The number of H-pyrrole nitrogens is 1. The first kappa shape index (κ1) is 50.5. The summed E-state index contributed by atoms with van der Waals surface area (Å²) in [7, 11) is 0. The molecule has 17 N–H and O–H groups in total. The van der Waals surface area contributed by atoms with Crippen molar-refractivity contribution in [2.45, 2.75) is 108 Å². The molecule has 2 heterocycles. The maximum absolute atomic E-state index is 14.3. The van der Waals surface area contributed by atoms with Crippen molar-refractivity contribution >= 4 is 70.2 Å². The lowest BCUT2D eigenvalue weighted by molar-refractivity contribution is -0.145. The van der Waals surface area contributed by atoms with Crippen LogP contribution in [-0.4, -0.2) is 141 Å². The number of carboxylic acids is 1. The van der Waals surface area contributed by atoms with E-state index in [1.165, 1.54) is 4.90 Å². The number of aliphatic hydroxyl groups excluding tert-OH is 1. The molecule has 24 nitrogen and oxygen atoms in total. The highest BCUT2D eigenvalue weighted by Gasteiger charge is 2.41. The number of primary amides is 3. The Bertz CT molecular complexity index is 2010. The molecule has 0 spiro atoms. The molecular formula is C39H58N12O12. The maximum Gasteiger partial charge on any atom is 0.328 e. The normalized spacial score (nSPS) is 16.8. The van der Waals surface area contributed by atoms with Gasteiger partial charge in [0.25, 0.3) is 0 Å². The molecule has 1 aliphatic heterocycles. The third-order valence-corrected chi connectivity index (χ3v) is 10.5. The average Bonchev–Trinajstić information content (AvgIpc) is 3.89. The number of para-hydroxylation sites is 1. The average molecular weight is 887 g/mol. The summed E-state index contributed by atoms with van der Waals surface area (Å²) in [6.45, 7) is 2.61. The van der Waals surface area contributed by atoms with Crippen molar-refractivity contribution in [2.24, 2.45) is 28.9 Å². The van der Waals surface area contributed by atoms with E-state index in [-0.39, 0.29) is 38.8 Å². The van der Waals surface area contributed by atoms with Gasteiger partial charge < -0.3 is 74.9 Å². The Morgan fingerprint density at radius 1 is 0.825 bits per heavy atom. The predicted octanol–water partition coefficient (Wildman–Crippen LogP) is -4.23. The predicted molar refractivity (Wildman–Crippen MR) is 223 cm³/mol. The molecule has 1 fully saturated rings. The Morgan fingerprint density at radius 3 is 2.00 bits per heavy atom. The Hall–Kier alpha value is -6.82. The molecule has 0 bridgehead atoms. The standard InChI is InChI=1S/C39H58N12O12/c1-3-19(2)31(50-35(58)26(16-30(42)54)47-34(57)25(15-29(41)53)46-32(55)22(40)9-6-12-44-39(43)63)37(60)51-13-7-11-28(51)36(59)48-24(33(56)49-27(18-52)38(61)62)14-20-17-45-23-10-5-4-8-21(20)23/h4-5,8,10,17,19,22,24-28,31,45,52H,3,6-7,9,11-16,18,40H2,1-2H3,(H2,41,53)(H2,42,54)(H,46,55)(H,47,57)(H,48,59)(H,49,56)(H,50,58)(H,61,62)(H3,43,44,63)/t19-,22-,24-,25-,26-,27-,28-,31-/m0/s1. The van der Waals surface area contributed by atoms with Crippen LogP contribution in [-0.2, 0) is 49.6 Å². The van der Waals surface area contributed by atoms with Gasteiger partial charge in [-0.15, -0.1) is 0 Å². The number of aliphatic carboxylic acids is 1. The Morgan fingerprint density at radius 2 is 1.41 bits per heavy atom. The molecule has 2 aromatic rings. The lowest BCUT2D eigenvalue weighted by atomic mass is 9.96. The van der Waals surface area contributed by atoms with Crippen LogP contribution in [0.2, 0.25) is 0 Å². The number of benzene rings is 1. The van der Waals surface area contributed by atoms with E-state index in [0.717, 1.165) is 10.9 Å². The number of amides is 10. The molecule has 0 aliphatic carbocycles. The first-order valence-corrected chi connectivity index (χ1v) is 20.3. The van der Waals surface area contributed by atoms with Gasteiger partial charge in [-0.3, -0.25) is 38.4 Å². The van der Waals surface area contributed by atoms with Crippen LogP contribution in [0.25, 0.3) is 10.9 Å². The van der Waals surface area contributed by atoms with Gasteiger partial charge in [-0.1, -0.05) is 38.5 Å². The van der Waals surface area contributed by atoms with E-state index in [0.29, 0.717) is 18.4 Å². The third-order valence-electron chi connectivity index (χ3n) is 10.5. The van der Waals surface area contributed by atoms with Crippen molar-refractivity contribution in [1.29, 1.82) is 0 Å². The molecule has 1 saturated heterocycles. The number of aromatic amines is 1. The number of rotatable bonds is 25. The first-order chi connectivity index (χ1) is 29.8. The number of hydrogen-bond donors (Lipinski definition) is 13. The lowest BCUT2D eigenvalue weighted by Gasteiger charge is -2.33. The molecule has 0 unspecified atom stereocenters. The highest BCUT2D eigenvalue weighted by atomic mass is 16.4. The molecule has 10 amide bonds. The fraction of sp³-hybridized carbons (Fsp3) is 0.538. The number of carbonyl (C=O) groups excluding carboxylic acids is 9. The fourth-order valence-corrected chi connectivity index (χ4v) is 6.91. The summed E-state index contributed by atoms with van der Waals surface area (Å²) in [6.07, 6.45) is 1.09. The molecule has 3 rings (SSSR count). The minimum Gasteiger partial charge on any atom is -0.480 e. The van der Waals surface area contributed by atoms with E-state index in [4.69, 9.17) is 22.9 Å². The molecule has 63 heavy (non-hydrogen) atoms. The monoisotopic (exact) mass is 886 g/mol. The number of nitrogens with one attached hydrogen (secondary N) is 7. The SMILES string of the molecule is CC[C@H](C)[C@H](NC(=O)[C@H](CC(N)=O)NC(=O)[C@H](CC(N)=O)NC(=O)[C@@H](N)CCCNC(N)=O)C(=O)N1CCC[C@H]1C(=O)N[C@@H](Cc1c[nH]c2ccccc12)C(=O)N[C@@H](CO)C(=O)O. The van der Waals surface area contributed by atoms with E-state index in [2.05, 4.69) is 36.9 Å². The zero-order valence-corrected chi connectivity index (χ0v) is 35.0. The van der Waals surface area contributed by atoms with Crippen LogP contribution in [0, 0.1) is 5.92 Å². The number of likely N-dealkylation sites (tertiary alicyclic amines) is 1. The molecule has 0 radical (unpaired) electrons. The zero-order chi connectivity index (χ0) is 47.0. The molecule has 346 valence electrons. The second kappa shape index (κ2) is 24.0. The van der Waals surface area contributed by atoms with Crippen LogP contribution in [0.5, 0.6) is 0 Å². The van der Waals surface area contributed by atoms with Gasteiger partial charge in [0, 0.05) is 36.6 Å². The van der Waals surface area contributed by atoms with Crippen molar-refractivity contribution in [2.75, 3.05) is 19.7 Å². The Kier molecular flexibility index (Phi) is 19.2. The van der Waals surface area contributed by atoms with Gasteiger partial charge >= 0.3 is 12.0 Å². The van der Waals surface area contributed by atoms with Gasteiger partial charge in [-0.25, -0.2) is 9.59 Å². The largest absolute Gasteiger partial charge is 0.480 e. The van der Waals surface area contributed by atoms with Crippen molar-refractivity contribution in [3.8, 4) is 0 Å². The lowest BCUT2D eigenvalue weighted by Crippen LogP contribution is -2.61. The second-order valence-electron chi connectivity index (χ2n) is 15.3. The van der Waals surface area contributed by atoms with Crippen molar-refractivity contribution < 1.29 is 58.2 Å².